The van der Waals surface area contributed by atoms with E-state index < -0.39 is 0 Å². The van der Waals surface area contributed by atoms with Gasteiger partial charge in [0.25, 0.3) is 0 Å². The van der Waals surface area contributed by atoms with Crippen LogP contribution in [0.1, 0.15) is 18.9 Å². The molecule has 0 atom stereocenters. The highest BCUT2D eigenvalue weighted by atomic mass is 79.9. The maximum Gasteiger partial charge on any atom is 0.333 e. The van der Waals surface area contributed by atoms with Crippen molar-refractivity contribution < 1.29 is 9.53 Å². The highest BCUT2D eigenvalue weighted by Gasteiger charge is 2.06. The van der Waals surface area contributed by atoms with Crippen LogP contribution in [-0.2, 0) is 9.53 Å². The number of benzene rings is 1. The third-order valence-electron chi connectivity index (χ3n) is 2.74. The lowest BCUT2D eigenvalue weighted by atomic mass is 10.2. The van der Waals surface area contributed by atoms with Gasteiger partial charge in [-0.25, -0.2) is 4.79 Å². The number of hydrogen-bond donors (Lipinski definition) is 1. The topological polar surface area (TPSA) is 38.3 Å². The molecule has 1 rings (SSSR count). The van der Waals surface area contributed by atoms with E-state index in [1.807, 2.05) is 38.1 Å². The smallest absolute Gasteiger partial charge is 0.333 e. The van der Waals surface area contributed by atoms with Crippen molar-refractivity contribution in [2.45, 2.75) is 20.3 Å². The minimum Gasteiger partial charge on any atom is -0.466 e. The van der Waals surface area contributed by atoms with Gasteiger partial charge in [-0.3, -0.25) is 0 Å². The van der Waals surface area contributed by atoms with Gasteiger partial charge in [0.05, 0.1) is 7.11 Å². The van der Waals surface area contributed by atoms with E-state index in [-0.39, 0.29) is 5.97 Å². The molecule has 0 bridgehead atoms. The summed E-state index contributed by atoms with van der Waals surface area (Å²) in [6.07, 6.45) is 2.54. The Morgan fingerprint density at radius 3 is 2.83 bits per heavy atom. The molecule has 0 saturated carbocycles. The normalized spacial score (nSPS) is 11.2. The predicted octanol–water partition coefficient (Wildman–Crippen LogP) is 3.68. The van der Waals surface area contributed by atoms with Crippen LogP contribution in [0.4, 0.5) is 5.69 Å². The lowest BCUT2D eigenvalue weighted by Crippen LogP contribution is -2.07. The molecule has 0 aliphatic heterocycles. The highest BCUT2D eigenvalue weighted by molar-refractivity contribution is 9.10. The molecule has 0 unspecified atom stereocenters. The summed E-state index contributed by atoms with van der Waals surface area (Å²) >= 11 is 3.49. The van der Waals surface area contributed by atoms with Gasteiger partial charge in [0.1, 0.15) is 0 Å². The Labute approximate surface area is 116 Å². The van der Waals surface area contributed by atoms with Crippen molar-refractivity contribution in [1.82, 2.24) is 0 Å². The van der Waals surface area contributed by atoms with E-state index in [9.17, 15) is 4.79 Å². The Kier molecular flexibility index (Phi) is 5.92. The fraction of sp³-hybridized carbons (Fsp3) is 0.357. The van der Waals surface area contributed by atoms with Gasteiger partial charge in [0, 0.05) is 22.3 Å². The monoisotopic (exact) mass is 311 g/mol. The van der Waals surface area contributed by atoms with E-state index in [1.54, 1.807) is 0 Å². The van der Waals surface area contributed by atoms with Gasteiger partial charge in [-0.1, -0.05) is 35.0 Å². The lowest BCUT2D eigenvalue weighted by molar-refractivity contribution is -0.136. The number of nitrogens with one attached hydrogen (secondary N) is 1. The highest BCUT2D eigenvalue weighted by Crippen LogP contribution is 2.23. The molecule has 0 fully saturated rings. The molecule has 18 heavy (non-hydrogen) atoms. The van der Waals surface area contributed by atoms with Gasteiger partial charge in [0.15, 0.2) is 0 Å². The van der Waals surface area contributed by atoms with Crippen LogP contribution in [0.25, 0.3) is 0 Å². The van der Waals surface area contributed by atoms with Crippen LogP contribution in [0, 0.1) is 6.92 Å². The summed E-state index contributed by atoms with van der Waals surface area (Å²) in [5.41, 5.74) is 2.90. The second-order valence-electron chi connectivity index (χ2n) is 3.87. The zero-order valence-corrected chi connectivity index (χ0v) is 12.5. The van der Waals surface area contributed by atoms with Gasteiger partial charge in [0.2, 0.25) is 0 Å². The molecule has 1 N–H and O–H groups in total. The minimum atomic E-state index is -0.259. The van der Waals surface area contributed by atoms with E-state index in [2.05, 4.69) is 21.2 Å². The Bertz CT molecular complexity index is 455. The van der Waals surface area contributed by atoms with Crippen molar-refractivity contribution in [3.05, 3.63) is 39.9 Å². The minimum absolute atomic E-state index is 0.259. The third kappa shape index (κ3) is 3.88. The number of methoxy groups -OCH3 is 1. The molecule has 0 aromatic heterocycles. The van der Waals surface area contributed by atoms with Crippen LogP contribution in [-0.4, -0.2) is 19.6 Å². The molecule has 0 aliphatic rings. The number of halogens is 1. The van der Waals surface area contributed by atoms with Crippen LogP contribution < -0.4 is 5.32 Å². The predicted molar refractivity (Wildman–Crippen MR) is 77.8 cm³/mol. The fourth-order valence-corrected chi connectivity index (χ4v) is 1.95. The van der Waals surface area contributed by atoms with Crippen LogP contribution in [0.2, 0.25) is 0 Å². The van der Waals surface area contributed by atoms with Crippen molar-refractivity contribution in [3.8, 4) is 0 Å². The SMILES string of the molecule is CC/C(=C/CNc1cccc(Br)c1C)C(=O)OC. The number of carbonyl (C=O) groups is 1. The maximum atomic E-state index is 11.4. The van der Waals surface area contributed by atoms with Gasteiger partial charge >= 0.3 is 5.97 Å². The molecule has 4 heteroatoms. The summed E-state index contributed by atoms with van der Waals surface area (Å²) in [6.45, 7) is 4.58. The standard InChI is InChI=1S/C14H18BrNO2/c1-4-11(14(17)18-3)8-9-16-13-7-5-6-12(15)10(13)2/h5-8,16H,4,9H2,1-3H3/b11-8-. The summed E-state index contributed by atoms with van der Waals surface area (Å²) in [5, 5.41) is 3.28. The van der Waals surface area contributed by atoms with E-state index in [0.717, 1.165) is 15.7 Å². The average molecular weight is 312 g/mol. The molecule has 0 aliphatic carbocycles. The lowest BCUT2D eigenvalue weighted by Gasteiger charge is -2.09. The Morgan fingerprint density at radius 2 is 2.22 bits per heavy atom. The zero-order chi connectivity index (χ0) is 13.5. The molecule has 0 heterocycles. The first-order valence-electron chi connectivity index (χ1n) is 5.86. The average Bonchev–Trinajstić information content (AvgIpc) is 2.38. The summed E-state index contributed by atoms with van der Waals surface area (Å²) in [6, 6.07) is 5.99. The summed E-state index contributed by atoms with van der Waals surface area (Å²) < 4.78 is 5.78. The number of rotatable bonds is 5. The zero-order valence-electron chi connectivity index (χ0n) is 10.9. The number of carbonyl (C=O) groups excluding carboxylic acids is 1. The van der Waals surface area contributed by atoms with Crippen LogP contribution >= 0.6 is 15.9 Å². The molecular formula is C14H18BrNO2. The Morgan fingerprint density at radius 1 is 1.50 bits per heavy atom. The van der Waals surface area contributed by atoms with Crippen LogP contribution in [0.5, 0.6) is 0 Å². The molecule has 0 spiro atoms. The Balaban J connectivity index is 2.68. The molecule has 0 radical (unpaired) electrons. The first kappa shape index (κ1) is 14.8. The van der Waals surface area contributed by atoms with Gasteiger partial charge in [-0.15, -0.1) is 0 Å². The van der Waals surface area contributed by atoms with E-state index in [0.29, 0.717) is 18.5 Å². The van der Waals surface area contributed by atoms with Gasteiger partial charge in [-0.05, 0) is 31.0 Å². The van der Waals surface area contributed by atoms with Crippen LogP contribution in [0.15, 0.2) is 34.3 Å². The molecule has 3 nitrogen and oxygen atoms in total. The molecule has 1 aromatic carbocycles. The van der Waals surface area contributed by atoms with E-state index >= 15 is 0 Å². The largest absolute Gasteiger partial charge is 0.466 e. The summed E-state index contributed by atoms with van der Waals surface area (Å²) in [5.74, 6) is -0.259. The molecular weight excluding hydrogens is 294 g/mol. The molecule has 0 amide bonds. The van der Waals surface area contributed by atoms with Crippen molar-refractivity contribution in [2.24, 2.45) is 0 Å². The van der Waals surface area contributed by atoms with Crippen molar-refractivity contribution in [3.63, 3.8) is 0 Å². The van der Waals surface area contributed by atoms with Gasteiger partial charge < -0.3 is 10.1 Å². The fourth-order valence-electron chi connectivity index (χ4n) is 1.59. The number of ether oxygens (including phenoxy) is 1. The van der Waals surface area contributed by atoms with Crippen molar-refractivity contribution in [2.75, 3.05) is 19.0 Å². The van der Waals surface area contributed by atoms with Crippen molar-refractivity contribution >= 4 is 27.6 Å². The van der Waals surface area contributed by atoms with Crippen LogP contribution in [0.3, 0.4) is 0 Å². The van der Waals surface area contributed by atoms with Crippen molar-refractivity contribution in [1.29, 1.82) is 0 Å². The molecule has 1 aromatic rings. The number of anilines is 1. The maximum absolute atomic E-state index is 11.4. The quantitative estimate of drug-likeness (QED) is 0.666. The third-order valence-corrected chi connectivity index (χ3v) is 3.60. The molecule has 98 valence electrons. The summed E-state index contributed by atoms with van der Waals surface area (Å²) in [7, 11) is 1.40. The molecule has 0 saturated heterocycles. The Hall–Kier alpha value is -1.29. The first-order valence-corrected chi connectivity index (χ1v) is 6.65. The van der Waals surface area contributed by atoms with E-state index in [4.69, 9.17) is 4.74 Å². The van der Waals surface area contributed by atoms with E-state index in [1.165, 1.54) is 7.11 Å². The summed E-state index contributed by atoms with van der Waals surface area (Å²) in [4.78, 5) is 11.4. The number of hydrogen-bond acceptors (Lipinski definition) is 3. The first-order chi connectivity index (χ1) is 8.60. The second-order valence-corrected chi connectivity index (χ2v) is 4.72. The second kappa shape index (κ2) is 7.21. The van der Waals surface area contributed by atoms with Gasteiger partial charge in [-0.2, -0.15) is 0 Å². The number of esters is 1.